The summed E-state index contributed by atoms with van der Waals surface area (Å²) in [4.78, 5) is 34.4. The molecule has 12 nitrogen and oxygen atoms in total. The molecular formula is C45H41ClF6N8O4S. The van der Waals surface area contributed by atoms with Crippen LogP contribution in [0.1, 0.15) is 79.5 Å². The van der Waals surface area contributed by atoms with Crippen molar-refractivity contribution in [1.29, 1.82) is 0 Å². The number of halogens is 7. The molecule has 1 aliphatic heterocycles. The summed E-state index contributed by atoms with van der Waals surface area (Å²) in [7, 11) is -2.41. The molecule has 0 radical (unpaired) electrons. The van der Waals surface area contributed by atoms with E-state index < -0.39 is 99.7 Å². The number of sulfonamides is 1. The van der Waals surface area contributed by atoms with Crippen LogP contribution in [0.5, 0.6) is 0 Å². The molecule has 3 unspecified atom stereocenters. The number of aromatic nitrogens is 4. The fraction of sp³-hybridized carbons (Fsp3) is 0.356. The second-order valence-electron chi connectivity index (χ2n) is 18.0. The number of allylic oxidation sites excluding steroid dienone is 2. The van der Waals surface area contributed by atoms with Crippen LogP contribution in [0.3, 0.4) is 0 Å². The van der Waals surface area contributed by atoms with Crippen LogP contribution in [0.25, 0.3) is 27.7 Å². The van der Waals surface area contributed by atoms with Gasteiger partial charge in [-0.3, -0.25) is 18.8 Å². The van der Waals surface area contributed by atoms with Gasteiger partial charge in [-0.05, 0) is 76.4 Å². The number of likely N-dealkylation sites (N-methyl/N-ethyl adjacent to an activating group) is 1. The second-order valence-corrected chi connectivity index (χ2v) is 20.0. The normalized spacial score (nSPS) is 22.3. The Morgan fingerprint density at radius 3 is 2.43 bits per heavy atom. The number of alkyl halides is 4. The van der Waals surface area contributed by atoms with Gasteiger partial charge in [0.1, 0.15) is 41.2 Å². The van der Waals surface area contributed by atoms with Gasteiger partial charge >= 0.3 is 0 Å². The summed E-state index contributed by atoms with van der Waals surface area (Å²) >= 11 is 6.72. The van der Waals surface area contributed by atoms with Crippen molar-refractivity contribution >= 4 is 50.0 Å². The summed E-state index contributed by atoms with van der Waals surface area (Å²) in [6.45, 7) is 5.22. The molecule has 4 aliphatic rings. The topological polar surface area (TPSA) is 144 Å². The second kappa shape index (κ2) is 15.7. The lowest BCUT2D eigenvalue weighted by Gasteiger charge is -2.31. The van der Waals surface area contributed by atoms with Gasteiger partial charge < -0.3 is 10.7 Å². The maximum atomic E-state index is 15.6. The Kier molecular flexibility index (Phi) is 10.7. The number of rotatable bonds is 10. The van der Waals surface area contributed by atoms with Crippen molar-refractivity contribution in [2.45, 2.75) is 75.9 Å². The predicted molar refractivity (Wildman–Crippen MR) is 232 cm³/mol. The number of hydrogen-bond acceptors (Lipinski definition) is 7. The summed E-state index contributed by atoms with van der Waals surface area (Å²) in [5, 5.41) is 8.25. The number of amidine groups is 1. The molecule has 65 heavy (non-hydrogen) atoms. The lowest BCUT2D eigenvalue weighted by atomic mass is 9.85. The van der Waals surface area contributed by atoms with Crippen molar-refractivity contribution in [2.75, 3.05) is 13.3 Å². The molecular weight excluding hydrogens is 898 g/mol. The third-order valence-electron chi connectivity index (χ3n) is 12.3. The number of nitrogens with one attached hydrogen (secondary N) is 2. The van der Waals surface area contributed by atoms with E-state index >= 15 is 13.6 Å². The lowest BCUT2D eigenvalue weighted by Crippen LogP contribution is -2.43. The van der Waals surface area contributed by atoms with Gasteiger partial charge in [-0.25, -0.2) is 36.0 Å². The first-order chi connectivity index (χ1) is 30.5. The van der Waals surface area contributed by atoms with Gasteiger partial charge in [-0.2, -0.15) is 13.9 Å². The highest BCUT2D eigenvalue weighted by Crippen LogP contribution is 2.68. The van der Waals surface area contributed by atoms with Crippen molar-refractivity contribution in [3.63, 3.8) is 0 Å². The maximum Gasteiger partial charge on any atom is 0.293 e. The zero-order valence-corrected chi connectivity index (χ0v) is 37.0. The Morgan fingerprint density at radius 1 is 1.05 bits per heavy atom. The van der Waals surface area contributed by atoms with E-state index in [9.17, 15) is 30.8 Å². The van der Waals surface area contributed by atoms with Gasteiger partial charge in [-0.15, -0.1) is 4.40 Å². The monoisotopic (exact) mass is 938 g/mol. The minimum atomic E-state index is -3.97. The van der Waals surface area contributed by atoms with Crippen LogP contribution in [0.4, 0.5) is 26.3 Å². The number of fused-ring (bicyclic) bond motifs is 5. The Balaban J connectivity index is 1.23. The Hall–Kier alpha value is -5.79. The smallest absolute Gasteiger partial charge is 0.293 e. The van der Waals surface area contributed by atoms with E-state index in [4.69, 9.17) is 16.6 Å². The SMILES string of the molecule is CN1NC(=NS(C)(=O)=O)C2C(Cl)=CC=C(n3c([C@H](Cc4cc(F)cc(F)c4)NC(=O)Cn4nc(C(F)F)c5c4C(F)(F)C4C[C@H]54)nc4cc(-c5cccc(C(C)(C)C)c5)ccc4c3=O)C21. The Bertz CT molecular complexity index is 3090. The first-order valence-corrected chi connectivity index (χ1v) is 22.8. The van der Waals surface area contributed by atoms with Crippen molar-refractivity contribution in [3.05, 3.63) is 134 Å². The fourth-order valence-corrected chi connectivity index (χ4v) is 10.1. The van der Waals surface area contributed by atoms with E-state index in [1.165, 1.54) is 21.7 Å². The Morgan fingerprint density at radius 2 is 1.75 bits per heavy atom. The minimum Gasteiger partial charge on any atom is -0.344 e. The van der Waals surface area contributed by atoms with Gasteiger partial charge in [0.25, 0.3) is 27.9 Å². The third kappa shape index (κ3) is 8.04. The van der Waals surface area contributed by atoms with Gasteiger partial charge in [0, 0.05) is 41.7 Å². The van der Waals surface area contributed by atoms with E-state index in [0.717, 1.165) is 29.5 Å². The van der Waals surface area contributed by atoms with E-state index in [2.05, 4.69) is 41.0 Å². The summed E-state index contributed by atoms with van der Waals surface area (Å²) in [6, 6.07) is 13.0. The van der Waals surface area contributed by atoms with Crippen LogP contribution in [0.15, 0.2) is 87.0 Å². The summed E-state index contributed by atoms with van der Waals surface area (Å²) in [5.41, 5.74) is 2.94. The molecule has 0 bridgehead atoms. The molecule has 5 aromatic rings. The van der Waals surface area contributed by atoms with Crippen LogP contribution in [0.2, 0.25) is 0 Å². The van der Waals surface area contributed by atoms with Crippen LogP contribution in [0, 0.1) is 23.5 Å². The van der Waals surface area contributed by atoms with Crippen molar-refractivity contribution in [3.8, 4) is 11.1 Å². The molecule has 20 heteroatoms. The van der Waals surface area contributed by atoms with Crippen molar-refractivity contribution < 1.29 is 39.6 Å². The molecule has 5 atom stereocenters. The molecule has 2 aromatic heterocycles. The van der Waals surface area contributed by atoms with Gasteiger partial charge in [-0.1, -0.05) is 62.7 Å². The van der Waals surface area contributed by atoms with E-state index in [0.29, 0.717) is 16.3 Å². The zero-order chi connectivity index (χ0) is 46.7. The zero-order valence-electron chi connectivity index (χ0n) is 35.4. The van der Waals surface area contributed by atoms with E-state index in [1.54, 1.807) is 25.2 Å². The maximum absolute atomic E-state index is 15.6. The third-order valence-corrected chi connectivity index (χ3v) is 13.2. The molecule has 9 rings (SSSR count). The van der Waals surface area contributed by atoms with E-state index in [-0.39, 0.29) is 56.3 Å². The standard InChI is InChI=1S/C45H41ClF6N8O4S/c1-44(2,3)24-8-6-7-22(16-24)23-9-10-27-31(17-23)54-42(60(43(27)62)33-12-11-30(46)36-38(33)58(4)56-41(36)57-65(5,63)64)32(15-21-13-25(47)18-26(48)14-21)53-34(61)20-59-39-35(37(55-59)40(49)50)28-19-29(28)45(39,51)52/h6-14,16-18,28-29,32,36,38,40H,15,19-20H2,1-5H3,(H,53,61)(H,56,57)/t28-,29?,32-,36?,38?/m0/s1. The molecule has 1 saturated carbocycles. The highest BCUT2D eigenvalue weighted by Gasteiger charge is 2.67. The Labute approximate surface area is 373 Å². The first kappa shape index (κ1) is 44.4. The molecule has 3 aromatic carbocycles. The molecule has 3 aliphatic carbocycles. The molecule has 0 spiro atoms. The summed E-state index contributed by atoms with van der Waals surface area (Å²) < 4.78 is 120. The van der Waals surface area contributed by atoms with Crippen molar-refractivity contribution in [2.24, 2.45) is 16.2 Å². The lowest BCUT2D eigenvalue weighted by molar-refractivity contribution is -0.123. The first-order valence-electron chi connectivity index (χ1n) is 20.6. The van der Waals surface area contributed by atoms with Gasteiger partial charge in [0.2, 0.25) is 5.91 Å². The van der Waals surface area contributed by atoms with Crippen LogP contribution in [-0.2, 0) is 39.1 Å². The average molecular weight is 939 g/mol. The van der Waals surface area contributed by atoms with Gasteiger partial charge in [0.05, 0.1) is 35.2 Å². The number of hydrogen-bond donors (Lipinski definition) is 2. The molecule has 1 saturated heterocycles. The predicted octanol–water partition coefficient (Wildman–Crippen LogP) is 7.85. The van der Waals surface area contributed by atoms with Crippen LogP contribution in [-0.4, -0.2) is 63.8 Å². The molecule has 3 heterocycles. The van der Waals surface area contributed by atoms with Gasteiger partial charge in [0.15, 0.2) is 0 Å². The van der Waals surface area contributed by atoms with Crippen molar-refractivity contribution in [1.82, 2.24) is 35.1 Å². The quantitative estimate of drug-likeness (QED) is 0.135. The number of amides is 1. The van der Waals surface area contributed by atoms with Crippen LogP contribution < -0.4 is 16.3 Å². The largest absolute Gasteiger partial charge is 0.344 e. The summed E-state index contributed by atoms with van der Waals surface area (Å²) in [6.07, 6.45) is 0.220. The fourth-order valence-electron chi connectivity index (χ4n) is 9.33. The molecule has 1 amide bonds. The number of carbonyl (C=O) groups is 1. The number of carbonyl (C=O) groups excluding carboxylic acids is 1. The number of hydrazine groups is 1. The van der Waals surface area contributed by atoms with Crippen LogP contribution >= 0.6 is 11.6 Å². The number of nitrogens with zero attached hydrogens (tertiary/aromatic N) is 6. The molecule has 2 N–H and O–H groups in total. The molecule has 2 fully saturated rings. The highest BCUT2D eigenvalue weighted by molar-refractivity contribution is 7.89. The minimum absolute atomic E-state index is 0.00317. The summed E-state index contributed by atoms with van der Waals surface area (Å²) in [5.74, 6) is -9.71. The number of benzene rings is 3. The highest BCUT2D eigenvalue weighted by atomic mass is 35.5. The molecule has 340 valence electrons. The average Bonchev–Trinajstić information content (AvgIpc) is 3.75. The van der Waals surface area contributed by atoms with E-state index in [1.807, 2.05) is 24.3 Å².